The van der Waals surface area contributed by atoms with Crippen LogP contribution < -0.4 is 10.2 Å². The summed E-state index contributed by atoms with van der Waals surface area (Å²) in [4.78, 5) is 26.5. The second-order valence-corrected chi connectivity index (χ2v) is 8.52. The van der Waals surface area contributed by atoms with Gasteiger partial charge in [0.15, 0.2) is 5.16 Å². The van der Waals surface area contributed by atoms with Crippen molar-refractivity contribution in [2.75, 3.05) is 36.2 Å². The molecule has 3 aromatic rings. The van der Waals surface area contributed by atoms with Crippen LogP contribution >= 0.6 is 23.4 Å². The second-order valence-electron chi connectivity index (χ2n) is 7.17. The summed E-state index contributed by atoms with van der Waals surface area (Å²) in [6.45, 7) is 1.81. The summed E-state index contributed by atoms with van der Waals surface area (Å²) in [6.07, 6.45) is 2.20. The van der Waals surface area contributed by atoms with Crippen molar-refractivity contribution in [1.29, 1.82) is 0 Å². The number of esters is 1. The van der Waals surface area contributed by atoms with Crippen molar-refractivity contribution in [2.45, 2.75) is 18.0 Å². The van der Waals surface area contributed by atoms with E-state index in [1.807, 2.05) is 28.8 Å². The number of hydrogen-bond acceptors (Lipinski definition) is 7. The summed E-state index contributed by atoms with van der Waals surface area (Å²) >= 11 is 7.74. The molecule has 2 heterocycles. The highest BCUT2D eigenvalue weighted by Gasteiger charge is 2.24. The Hall–Kier alpha value is -3.04. The predicted molar refractivity (Wildman–Crippen MR) is 125 cm³/mol. The van der Waals surface area contributed by atoms with Crippen molar-refractivity contribution in [2.24, 2.45) is 0 Å². The normalized spacial score (nSPS) is 13.2. The third kappa shape index (κ3) is 4.89. The number of carbonyl (C=O) groups is 2. The highest BCUT2D eigenvalue weighted by atomic mass is 35.5. The first-order valence-electron chi connectivity index (χ1n) is 10.1. The van der Waals surface area contributed by atoms with Gasteiger partial charge in [-0.1, -0.05) is 41.6 Å². The fourth-order valence-corrected chi connectivity index (χ4v) is 4.45. The fraction of sp³-hybridized carbons (Fsp3) is 0.273. The van der Waals surface area contributed by atoms with Gasteiger partial charge < -0.3 is 15.0 Å². The highest BCUT2D eigenvalue weighted by Crippen LogP contribution is 2.31. The van der Waals surface area contributed by atoms with Gasteiger partial charge >= 0.3 is 5.97 Å². The van der Waals surface area contributed by atoms with E-state index in [0.29, 0.717) is 21.4 Å². The topological polar surface area (TPSA) is 89.3 Å². The first-order valence-corrected chi connectivity index (χ1v) is 11.5. The van der Waals surface area contributed by atoms with Crippen molar-refractivity contribution in [3.8, 4) is 5.69 Å². The molecule has 0 saturated carbocycles. The Labute approximate surface area is 194 Å². The molecule has 1 aromatic heterocycles. The molecule has 166 valence electrons. The van der Waals surface area contributed by atoms with Gasteiger partial charge in [0.25, 0.3) is 0 Å². The van der Waals surface area contributed by atoms with Gasteiger partial charge in [0.2, 0.25) is 11.9 Å². The molecule has 0 spiro atoms. The standard InChI is InChI=1S/C22H22ClN5O3S/c1-31-20(30)15-7-6-8-16(13-15)24-19(29)14-32-22-26-25-21(27-11-4-5-12-27)28(22)18-10-3-2-9-17(18)23/h2-3,6-10,13H,4-5,11-12,14H2,1H3,(H,24,29). The number of hydrogen-bond donors (Lipinski definition) is 1. The predicted octanol–water partition coefficient (Wildman–Crippen LogP) is 4.04. The summed E-state index contributed by atoms with van der Waals surface area (Å²) in [5.41, 5.74) is 1.66. The number of nitrogens with zero attached hydrogens (tertiary/aromatic N) is 4. The van der Waals surface area contributed by atoms with Crippen LogP contribution in [0.2, 0.25) is 5.02 Å². The number of rotatable bonds is 7. The number of halogens is 1. The minimum Gasteiger partial charge on any atom is -0.465 e. The van der Waals surface area contributed by atoms with Crippen LogP contribution in [0.15, 0.2) is 53.7 Å². The first kappa shape index (κ1) is 22.2. The van der Waals surface area contributed by atoms with Gasteiger partial charge in [-0.15, -0.1) is 10.2 Å². The highest BCUT2D eigenvalue weighted by molar-refractivity contribution is 7.99. The van der Waals surface area contributed by atoms with Gasteiger partial charge in [0.05, 0.1) is 29.1 Å². The van der Waals surface area contributed by atoms with E-state index >= 15 is 0 Å². The smallest absolute Gasteiger partial charge is 0.337 e. The van der Waals surface area contributed by atoms with Crippen LogP contribution in [0, 0.1) is 0 Å². The molecule has 0 atom stereocenters. The molecular weight excluding hydrogens is 450 g/mol. The molecule has 0 unspecified atom stereocenters. The maximum atomic E-state index is 12.6. The maximum absolute atomic E-state index is 12.6. The summed E-state index contributed by atoms with van der Waals surface area (Å²) in [7, 11) is 1.32. The Morgan fingerprint density at radius 2 is 1.91 bits per heavy atom. The zero-order valence-corrected chi connectivity index (χ0v) is 19.0. The zero-order valence-electron chi connectivity index (χ0n) is 17.5. The van der Waals surface area contributed by atoms with Crippen LogP contribution in [0.5, 0.6) is 0 Å². The molecule has 1 aliphatic rings. The SMILES string of the molecule is COC(=O)c1cccc(NC(=O)CSc2nnc(N3CCCC3)n2-c2ccccc2Cl)c1. The zero-order chi connectivity index (χ0) is 22.5. The minimum atomic E-state index is -0.460. The van der Waals surface area contributed by atoms with Crippen molar-refractivity contribution < 1.29 is 14.3 Å². The lowest BCUT2D eigenvalue weighted by Crippen LogP contribution is -2.22. The number of aromatic nitrogens is 3. The maximum Gasteiger partial charge on any atom is 0.337 e. The third-order valence-corrected chi connectivity index (χ3v) is 6.25. The Morgan fingerprint density at radius 1 is 1.12 bits per heavy atom. The molecule has 32 heavy (non-hydrogen) atoms. The fourth-order valence-electron chi connectivity index (χ4n) is 3.49. The van der Waals surface area contributed by atoms with E-state index in [1.54, 1.807) is 24.3 Å². The van der Waals surface area contributed by atoms with E-state index in [0.717, 1.165) is 37.6 Å². The molecule has 1 fully saturated rings. The Bertz CT molecular complexity index is 1130. The molecule has 2 aromatic carbocycles. The number of benzene rings is 2. The molecule has 8 nitrogen and oxygen atoms in total. The third-order valence-electron chi connectivity index (χ3n) is 5.00. The largest absolute Gasteiger partial charge is 0.465 e. The molecule has 0 radical (unpaired) electrons. The van der Waals surface area contributed by atoms with Crippen LogP contribution in [0.25, 0.3) is 5.69 Å². The number of para-hydroxylation sites is 1. The lowest BCUT2D eigenvalue weighted by Gasteiger charge is -2.19. The van der Waals surface area contributed by atoms with Gasteiger partial charge in [-0.25, -0.2) is 4.79 Å². The van der Waals surface area contributed by atoms with Crippen molar-refractivity contribution in [3.05, 3.63) is 59.1 Å². The van der Waals surface area contributed by atoms with Gasteiger partial charge in [-0.3, -0.25) is 9.36 Å². The van der Waals surface area contributed by atoms with Gasteiger partial charge in [-0.05, 0) is 43.2 Å². The Balaban J connectivity index is 1.51. The molecule has 0 bridgehead atoms. The lowest BCUT2D eigenvalue weighted by molar-refractivity contribution is -0.113. The quantitative estimate of drug-likeness (QED) is 0.411. The molecule has 1 aliphatic heterocycles. The molecule has 10 heteroatoms. The van der Waals surface area contributed by atoms with Crippen molar-refractivity contribution >= 4 is 46.9 Å². The Kier molecular flexibility index (Phi) is 6.96. The Morgan fingerprint density at radius 3 is 2.66 bits per heavy atom. The second kappa shape index (κ2) is 10.1. The summed E-state index contributed by atoms with van der Waals surface area (Å²) in [6, 6.07) is 14.1. The summed E-state index contributed by atoms with van der Waals surface area (Å²) < 4.78 is 6.63. The summed E-state index contributed by atoms with van der Waals surface area (Å²) in [5, 5.41) is 12.7. The number of nitrogens with one attached hydrogen (secondary N) is 1. The average molecular weight is 472 g/mol. The summed E-state index contributed by atoms with van der Waals surface area (Å²) in [5.74, 6) is 0.154. The number of ether oxygens (including phenoxy) is 1. The monoisotopic (exact) mass is 471 g/mol. The number of thioether (sulfide) groups is 1. The number of amides is 1. The molecule has 1 amide bonds. The number of carbonyl (C=O) groups excluding carboxylic acids is 2. The van der Waals surface area contributed by atoms with Crippen molar-refractivity contribution in [3.63, 3.8) is 0 Å². The molecule has 1 saturated heterocycles. The first-order chi connectivity index (χ1) is 15.6. The molecule has 1 N–H and O–H groups in total. The van der Waals surface area contributed by atoms with E-state index in [2.05, 4.69) is 20.4 Å². The van der Waals surface area contributed by atoms with Gasteiger partial charge in [0.1, 0.15) is 0 Å². The van der Waals surface area contributed by atoms with Crippen LogP contribution in [0.1, 0.15) is 23.2 Å². The molecular formula is C22H22ClN5O3S. The van der Waals surface area contributed by atoms with E-state index < -0.39 is 5.97 Å². The molecule has 0 aliphatic carbocycles. The minimum absolute atomic E-state index is 0.116. The number of methoxy groups -OCH3 is 1. The lowest BCUT2D eigenvalue weighted by atomic mass is 10.2. The van der Waals surface area contributed by atoms with Crippen LogP contribution in [-0.2, 0) is 9.53 Å². The van der Waals surface area contributed by atoms with E-state index in [1.165, 1.54) is 18.9 Å². The van der Waals surface area contributed by atoms with Crippen molar-refractivity contribution in [1.82, 2.24) is 14.8 Å². The number of anilines is 2. The molecule has 4 rings (SSSR count). The van der Waals surface area contributed by atoms with Crippen LogP contribution in [0.3, 0.4) is 0 Å². The van der Waals surface area contributed by atoms with E-state index in [-0.39, 0.29) is 11.7 Å². The average Bonchev–Trinajstić information content (AvgIpc) is 3.47. The van der Waals surface area contributed by atoms with Gasteiger partial charge in [0, 0.05) is 18.8 Å². The van der Waals surface area contributed by atoms with E-state index in [9.17, 15) is 9.59 Å². The van der Waals surface area contributed by atoms with Gasteiger partial charge in [-0.2, -0.15) is 0 Å². The van der Waals surface area contributed by atoms with Crippen LogP contribution in [0.4, 0.5) is 11.6 Å². The van der Waals surface area contributed by atoms with Crippen LogP contribution in [-0.4, -0.2) is 52.6 Å². The van der Waals surface area contributed by atoms with E-state index in [4.69, 9.17) is 16.3 Å².